The molecule has 0 aliphatic carbocycles. The van der Waals surface area contributed by atoms with Crippen LogP contribution >= 0.6 is 0 Å². The Kier molecular flexibility index (Phi) is 8.31. The molecule has 3 saturated heterocycles. The molecule has 3 fully saturated rings. The summed E-state index contributed by atoms with van der Waals surface area (Å²) < 4.78 is 27.3. The molecule has 44 heavy (non-hydrogen) atoms. The van der Waals surface area contributed by atoms with Crippen molar-refractivity contribution in [2.24, 2.45) is 0 Å². The zero-order chi connectivity index (χ0) is 29.9. The molecule has 7 rings (SSSR count). The van der Waals surface area contributed by atoms with Crippen molar-refractivity contribution in [3.63, 3.8) is 0 Å². The van der Waals surface area contributed by atoms with E-state index in [9.17, 15) is 4.79 Å². The van der Waals surface area contributed by atoms with Gasteiger partial charge < -0.3 is 34.9 Å². The Morgan fingerprint density at radius 1 is 1.00 bits per heavy atom. The summed E-state index contributed by atoms with van der Waals surface area (Å²) in [7, 11) is 1.58. The topological polar surface area (TPSA) is 139 Å². The van der Waals surface area contributed by atoms with Gasteiger partial charge in [0.1, 0.15) is 0 Å². The fourth-order valence-electron chi connectivity index (χ4n) is 5.83. The number of carbonyl (C=O) groups excluding carboxylic acids is 1. The first-order valence-electron chi connectivity index (χ1n) is 15.4. The number of anilines is 2. The number of carbonyl (C=O) groups is 1. The molecular weight excluding hydrogens is 564 g/mol. The molecule has 2 atom stereocenters. The van der Waals surface area contributed by atoms with Crippen molar-refractivity contribution in [3.8, 4) is 22.9 Å². The Balaban J connectivity index is 1.12. The van der Waals surface area contributed by atoms with Crippen molar-refractivity contribution >= 4 is 28.4 Å². The third-order valence-electron chi connectivity index (χ3n) is 8.27. The molecule has 13 nitrogen and oxygen atoms in total. The lowest BCUT2D eigenvalue weighted by Gasteiger charge is -2.27. The average molecular weight is 603 g/mol. The summed E-state index contributed by atoms with van der Waals surface area (Å²) in [6.45, 7) is 2.91. The van der Waals surface area contributed by atoms with Crippen LogP contribution in [-0.2, 0) is 14.3 Å². The molecule has 3 aliphatic heterocycles. The Labute approximate surface area is 255 Å². The van der Waals surface area contributed by atoms with Crippen LogP contribution in [0.4, 0.5) is 11.6 Å². The van der Waals surface area contributed by atoms with Crippen LogP contribution in [0.5, 0.6) is 11.5 Å². The van der Waals surface area contributed by atoms with Crippen molar-refractivity contribution in [2.75, 3.05) is 45.3 Å². The number of aromatic nitrogens is 5. The van der Waals surface area contributed by atoms with Crippen LogP contribution in [-0.4, -0.2) is 76.5 Å². The molecule has 2 unspecified atom stereocenters. The predicted octanol–water partition coefficient (Wildman–Crippen LogP) is 3.91. The van der Waals surface area contributed by atoms with Crippen molar-refractivity contribution < 1.29 is 23.7 Å². The van der Waals surface area contributed by atoms with E-state index in [2.05, 4.69) is 27.1 Å². The summed E-state index contributed by atoms with van der Waals surface area (Å²) in [5, 5.41) is 19.9. The van der Waals surface area contributed by atoms with Crippen LogP contribution in [0.1, 0.15) is 51.0 Å². The number of hydrogen-bond donors (Lipinski definition) is 3. The molecule has 5 heterocycles. The zero-order valence-electron chi connectivity index (χ0n) is 24.8. The van der Waals surface area contributed by atoms with Crippen molar-refractivity contribution in [1.29, 1.82) is 0 Å². The number of rotatable bonds is 10. The van der Waals surface area contributed by atoms with Gasteiger partial charge in [0.2, 0.25) is 5.95 Å². The van der Waals surface area contributed by atoms with Crippen LogP contribution < -0.4 is 25.4 Å². The number of benzene rings is 2. The third kappa shape index (κ3) is 6.07. The van der Waals surface area contributed by atoms with E-state index in [0.717, 1.165) is 80.4 Å². The first-order chi connectivity index (χ1) is 21.6. The molecule has 2 aromatic heterocycles. The second-order valence-electron chi connectivity index (χ2n) is 11.4. The summed E-state index contributed by atoms with van der Waals surface area (Å²) in [5.41, 5.74) is 2.68. The second kappa shape index (κ2) is 12.8. The number of ether oxygens (including phenoxy) is 4. The molecule has 0 radical (unpaired) electrons. The second-order valence-corrected chi connectivity index (χ2v) is 11.4. The molecule has 0 bridgehead atoms. The van der Waals surface area contributed by atoms with Gasteiger partial charge in [-0.2, -0.15) is 10.1 Å². The van der Waals surface area contributed by atoms with Gasteiger partial charge in [0.25, 0.3) is 5.91 Å². The van der Waals surface area contributed by atoms with E-state index in [-0.39, 0.29) is 31.0 Å². The van der Waals surface area contributed by atoms with Crippen LogP contribution in [0.25, 0.3) is 22.3 Å². The monoisotopic (exact) mass is 602 g/mol. The van der Waals surface area contributed by atoms with Crippen LogP contribution in [0.15, 0.2) is 42.6 Å². The summed E-state index contributed by atoms with van der Waals surface area (Å²) >= 11 is 0. The van der Waals surface area contributed by atoms with Gasteiger partial charge in [-0.1, -0.05) is 0 Å². The minimum atomic E-state index is -0.232. The largest absolute Gasteiger partial charge is 0.493 e. The average Bonchev–Trinajstić information content (AvgIpc) is 3.67. The molecule has 0 saturated carbocycles. The highest BCUT2D eigenvalue weighted by atomic mass is 16.5. The van der Waals surface area contributed by atoms with Gasteiger partial charge in [0.15, 0.2) is 36.4 Å². The number of nitrogens with one attached hydrogen (secondary N) is 3. The fourth-order valence-corrected chi connectivity index (χ4v) is 5.83. The lowest BCUT2D eigenvalue weighted by Crippen LogP contribution is -2.57. The number of nitrogens with zero attached hydrogens (tertiary/aromatic N) is 5. The Bertz CT molecular complexity index is 1600. The van der Waals surface area contributed by atoms with Gasteiger partial charge in [-0.05, 0) is 74.9 Å². The van der Waals surface area contributed by atoms with Gasteiger partial charge in [-0.25, -0.2) is 9.36 Å². The molecule has 2 aromatic carbocycles. The van der Waals surface area contributed by atoms with E-state index in [4.69, 9.17) is 29.0 Å². The Morgan fingerprint density at radius 2 is 1.80 bits per heavy atom. The highest BCUT2D eigenvalue weighted by Gasteiger charge is 2.25. The van der Waals surface area contributed by atoms with Gasteiger partial charge in [0.05, 0.1) is 24.9 Å². The van der Waals surface area contributed by atoms with Crippen molar-refractivity contribution in [1.82, 2.24) is 35.2 Å². The lowest BCUT2D eigenvalue weighted by molar-refractivity contribution is -0.124. The van der Waals surface area contributed by atoms with Crippen LogP contribution in [0, 0.1) is 0 Å². The van der Waals surface area contributed by atoms with Gasteiger partial charge in [-0.3, -0.25) is 4.79 Å². The molecule has 0 spiro atoms. The number of hydrogen-bond acceptors (Lipinski definition) is 10. The van der Waals surface area contributed by atoms with Crippen molar-refractivity contribution in [2.45, 2.75) is 57.0 Å². The minimum Gasteiger partial charge on any atom is -0.493 e. The van der Waals surface area contributed by atoms with E-state index < -0.39 is 0 Å². The number of amides is 1. The highest BCUT2D eigenvalue weighted by Crippen LogP contribution is 2.35. The highest BCUT2D eigenvalue weighted by molar-refractivity contribution is 5.83. The summed E-state index contributed by atoms with van der Waals surface area (Å²) in [6, 6.07) is 11.8. The maximum Gasteiger partial charge on any atom is 0.258 e. The fraction of sp³-hybridized carbons (Fsp3) is 0.484. The lowest BCUT2D eigenvalue weighted by atomic mass is 10.1. The smallest absolute Gasteiger partial charge is 0.258 e. The molecule has 3 N–H and O–H groups in total. The first kappa shape index (κ1) is 28.6. The Hall–Kier alpha value is -4.20. The van der Waals surface area contributed by atoms with E-state index in [1.807, 2.05) is 39.8 Å². The molecule has 13 heteroatoms. The summed E-state index contributed by atoms with van der Waals surface area (Å²) in [4.78, 5) is 17.2. The first-order valence-corrected chi connectivity index (χ1v) is 15.4. The standard InChI is InChI=1S/C31H38N8O5/c1-41-26-15-20(8-11-25(26)44-19-27(40)34-23-17-32-18-23)30-36-31(37-39(30)29-7-3-5-13-43-29)35-22-9-10-24-21(14-22)16-33-38(24)28-6-2-4-12-42-28/h8-11,14-16,23,28-29,32H,2-7,12-13,17-19H2,1H3,(H,34,40)(H,35,37). The van der Waals surface area contributed by atoms with E-state index in [1.54, 1.807) is 13.2 Å². The number of fused-ring (bicyclic) bond motifs is 1. The SMILES string of the molecule is COc1cc(-c2nc(Nc3ccc4c(cnn4C4CCCCO4)c3)nn2C2CCCCO2)ccc1OCC(=O)NC1CNC1. The maximum atomic E-state index is 12.3. The van der Waals surface area contributed by atoms with Gasteiger partial charge in [-0.15, -0.1) is 5.10 Å². The molecule has 3 aliphatic rings. The minimum absolute atomic E-state index is 0.0220. The number of methoxy groups -OCH3 is 1. The quantitative estimate of drug-likeness (QED) is 0.245. The third-order valence-corrected chi connectivity index (χ3v) is 8.27. The zero-order valence-corrected chi connectivity index (χ0v) is 24.8. The Morgan fingerprint density at radius 3 is 2.50 bits per heavy atom. The van der Waals surface area contributed by atoms with Crippen LogP contribution in [0.2, 0.25) is 0 Å². The van der Waals surface area contributed by atoms with Gasteiger partial charge in [0, 0.05) is 42.9 Å². The molecule has 4 aromatic rings. The summed E-state index contributed by atoms with van der Waals surface area (Å²) in [6.07, 6.45) is 7.74. The summed E-state index contributed by atoms with van der Waals surface area (Å²) in [5.74, 6) is 1.91. The van der Waals surface area contributed by atoms with E-state index >= 15 is 0 Å². The van der Waals surface area contributed by atoms with E-state index in [1.165, 1.54) is 0 Å². The molecule has 232 valence electrons. The van der Waals surface area contributed by atoms with Crippen LogP contribution in [0.3, 0.4) is 0 Å². The van der Waals surface area contributed by atoms with Crippen molar-refractivity contribution in [3.05, 3.63) is 42.6 Å². The molecule has 1 amide bonds. The normalized spacial score (nSPS) is 20.7. The molecular formula is C31H38N8O5. The van der Waals surface area contributed by atoms with E-state index in [0.29, 0.717) is 29.9 Å². The maximum absolute atomic E-state index is 12.3. The predicted molar refractivity (Wildman–Crippen MR) is 163 cm³/mol. The van der Waals surface area contributed by atoms with Gasteiger partial charge >= 0.3 is 0 Å².